The highest BCUT2D eigenvalue weighted by atomic mass is 16.5. The van der Waals surface area contributed by atoms with Crippen molar-refractivity contribution >= 4 is 5.78 Å². The molecular weight excluding hydrogens is 176 g/mol. The zero-order valence-electron chi connectivity index (χ0n) is 8.54. The van der Waals surface area contributed by atoms with E-state index in [-0.39, 0.29) is 11.7 Å². The fourth-order valence-corrected chi connectivity index (χ4v) is 2.00. The maximum Gasteiger partial charge on any atom is 0.166 e. The minimum Gasteiger partial charge on any atom is -0.496 e. The number of Topliss-reactive ketones (excluding diaryl/α,β-unsaturated/α-hetero) is 1. The lowest BCUT2D eigenvalue weighted by molar-refractivity contribution is 0.0912. The summed E-state index contributed by atoms with van der Waals surface area (Å²) in [5, 5.41) is 0. The molecule has 0 fully saturated rings. The highest BCUT2D eigenvalue weighted by Crippen LogP contribution is 2.31. The van der Waals surface area contributed by atoms with E-state index in [1.165, 1.54) is 0 Å². The Morgan fingerprint density at radius 3 is 2.93 bits per heavy atom. The van der Waals surface area contributed by atoms with Crippen molar-refractivity contribution in [2.45, 2.75) is 19.8 Å². The molecule has 0 bridgehead atoms. The van der Waals surface area contributed by atoms with Crippen LogP contribution in [-0.4, -0.2) is 12.9 Å². The van der Waals surface area contributed by atoms with Crippen LogP contribution in [0.25, 0.3) is 0 Å². The molecule has 14 heavy (non-hydrogen) atoms. The molecule has 2 heteroatoms. The zero-order chi connectivity index (χ0) is 10.1. The van der Waals surface area contributed by atoms with E-state index in [1.807, 2.05) is 25.1 Å². The predicted octanol–water partition coefficient (Wildman–Crippen LogP) is 2.46. The molecule has 0 aromatic heterocycles. The van der Waals surface area contributed by atoms with Crippen LogP contribution in [0.2, 0.25) is 0 Å². The Balaban J connectivity index is 2.52. The number of hydrogen-bond donors (Lipinski definition) is 0. The van der Waals surface area contributed by atoms with Gasteiger partial charge in [-0.2, -0.15) is 0 Å². The molecule has 1 aromatic rings. The molecule has 74 valence electrons. The second kappa shape index (κ2) is 3.45. The Hall–Kier alpha value is -1.31. The normalized spacial score (nSPS) is 20.4. The van der Waals surface area contributed by atoms with Gasteiger partial charge >= 0.3 is 0 Å². The van der Waals surface area contributed by atoms with Gasteiger partial charge in [0.25, 0.3) is 0 Å². The van der Waals surface area contributed by atoms with Gasteiger partial charge in [0.1, 0.15) is 5.75 Å². The average Bonchev–Trinajstić information content (AvgIpc) is 2.23. The number of rotatable bonds is 1. The van der Waals surface area contributed by atoms with Crippen molar-refractivity contribution in [3.63, 3.8) is 0 Å². The lowest BCUT2D eigenvalue weighted by Gasteiger charge is -2.21. The molecular formula is C12H14O2. The predicted molar refractivity (Wildman–Crippen MR) is 54.8 cm³/mol. The van der Waals surface area contributed by atoms with Gasteiger partial charge < -0.3 is 4.74 Å². The summed E-state index contributed by atoms with van der Waals surface area (Å²) < 4.78 is 5.24. The van der Waals surface area contributed by atoms with Crippen LogP contribution < -0.4 is 4.74 Å². The fraction of sp³-hybridized carbons (Fsp3) is 0.417. The van der Waals surface area contributed by atoms with Gasteiger partial charge in [-0.15, -0.1) is 0 Å². The van der Waals surface area contributed by atoms with Crippen molar-refractivity contribution in [1.82, 2.24) is 0 Å². The summed E-state index contributed by atoms with van der Waals surface area (Å²) in [6.07, 6.45) is 1.89. The van der Waals surface area contributed by atoms with Crippen LogP contribution in [0.5, 0.6) is 5.75 Å². The number of fused-ring (bicyclic) bond motifs is 1. The van der Waals surface area contributed by atoms with Crippen LogP contribution in [0.1, 0.15) is 29.3 Å². The number of carbonyl (C=O) groups is 1. The van der Waals surface area contributed by atoms with Crippen molar-refractivity contribution in [2.75, 3.05) is 7.11 Å². The van der Waals surface area contributed by atoms with Gasteiger partial charge in [-0.3, -0.25) is 4.79 Å². The number of methoxy groups -OCH3 is 1. The van der Waals surface area contributed by atoms with Crippen LogP contribution in [-0.2, 0) is 6.42 Å². The van der Waals surface area contributed by atoms with E-state index >= 15 is 0 Å². The van der Waals surface area contributed by atoms with E-state index in [1.54, 1.807) is 7.11 Å². The third-order valence-corrected chi connectivity index (χ3v) is 2.89. The van der Waals surface area contributed by atoms with E-state index < -0.39 is 0 Å². The minimum atomic E-state index is 0.162. The lowest BCUT2D eigenvalue weighted by Crippen LogP contribution is -2.20. The second-order valence-corrected chi connectivity index (χ2v) is 3.79. The molecule has 0 N–H and O–H groups in total. The standard InChI is InChI=1S/C12H14O2/c1-8-6-7-9-10(12(8)13)4-3-5-11(9)14-2/h3-5,8H,6-7H2,1-2H3. The highest BCUT2D eigenvalue weighted by Gasteiger charge is 2.25. The van der Waals surface area contributed by atoms with Crippen LogP contribution in [0.15, 0.2) is 18.2 Å². The van der Waals surface area contributed by atoms with Gasteiger partial charge in [0.15, 0.2) is 5.78 Å². The molecule has 0 saturated carbocycles. The van der Waals surface area contributed by atoms with E-state index in [0.717, 1.165) is 29.7 Å². The first-order valence-electron chi connectivity index (χ1n) is 4.94. The lowest BCUT2D eigenvalue weighted by atomic mass is 9.83. The molecule has 2 rings (SSSR count). The number of hydrogen-bond acceptors (Lipinski definition) is 2. The first-order valence-corrected chi connectivity index (χ1v) is 4.94. The van der Waals surface area contributed by atoms with Crippen LogP contribution >= 0.6 is 0 Å². The summed E-state index contributed by atoms with van der Waals surface area (Å²) in [6.45, 7) is 1.99. The molecule has 0 spiro atoms. The van der Waals surface area contributed by atoms with Gasteiger partial charge in [-0.1, -0.05) is 19.1 Å². The van der Waals surface area contributed by atoms with Crippen molar-refractivity contribution in [1.29, 1.82) is 0 Å². The van der Waals surface area contributed by atoms with E-state index in [9.17, 15) is 4.79 Å². The molecule has 0 saturated heterocycles. The monoisotopic (exact) mass is 190 g/mol. The first kappa shape index (κ1) is 9.25. The molecule has 1 aromatic carbocycles. The maximum atomic E-state index is 11.8. The number of ketones is 1. The zero-order valence-corrected chi connectivity index (χ0v) is 8.54. The number of carbonyl (C=O) groups excluding carboxylic acids is 1. The van der Waals surface area contributed by atoms with Crippen molar-refractivity contribution in [3.05, 3.63) is 29.3 Å². The first-order chi connectivity index (χ1) is 6.74. The molecule has 1 aliphatic carbocycles. The Morgan fingerprint density at radius 2 is 2.21 bits per heavy atom. The van der Waals surface area contributed by atoms with Gasteiger partial charge in [0, 0.05) is 17.0 Å². The molecule has 2 nitrogen and oxygen atoms in total. The summed E-state index contributed by atoms with van der Waals surface area (Å²) in [5.41, 5.74) is 1.93. The molecule has 0 heterocycles. The second-order valence-electron chi connectivity index (χ2n) is 3.79. The van der Waals surface area contributed by atoms with E-state index in [4.69, 9.17) is 4.74 Å². The van der Waals surface area contributed by atoms with E-state index in [0.29, 0.717) is 0 Å². The summed E-state index contributed by atoms with van der Waals surface area (Å²) in [6, 6.07) is 5.70. The molecule has 0 aliphatic heterocycles. The maximum absolute atomic E-state index is 11.8. The SMILES string of the molecule is COc1cccc2c1CCC(C)C2=O. The Morgan fingerprint density at radius 1 is 1.43 bits per heavy atom. The number of ether oxygens (including phenoxy) is 1. The smallest absolute Gasteiger partial charge is 0.166 e. The fourth-order valence-electron chi connectivity index (χ4n) is 2.00. The Kier molecular flexibility index (Phi) is 2.28. The summed E-state index contributed by atoms with van der Waals surface area (Å²) in [7, 11) is 1.65. The summed E-state index contributed by atoms with van der Waals surface area (Å²) in [5.74, 6) is 1.27. The minimum absolute atomic E-state index is 0.162. The third kappa shape index (κ3) is 1.31. The van der Waals surface area contributed by atoms with Crippen molar-refractivity contribution < 1.29 is 9.53 Å². The van der Waals surface area contributed by atoms with Crippen LogP contribution in [0.4, 0.5) is 0 Å². The average molecular weight is 190 g/mol. The Labute approximate surface area is 83.9 Å². The molecule has 1 aliphatic rings. The van der Waals surface area contributed by atoms with Crippen LogP contribution in [0, 0.1) is 5.92 Å². The molecule has 1 atom stereocenters. The topological polar surface area (TPSA) is 26.3 Å². The largest absolute Gasteiger partial charge is 0.496 e. The number of benzene rings is 1. The van der Waals surface area contributed by atoms with Gasteiger partial charge in [0.2, 0.25) is 0 Å². The summed E-state index contributed by atoms with van der Waals surface area (Å²) in [4.78, 5) is 11.8. The van der Waals surface area contributed by atoms with Crippen molar-refractivity contribution in [3.8, 4) is 5.75 Å². The summed E-state index contributed by atoms with van der Waals surface area (Å²) >= 11 is 0. The molecule has 0 amide bonds. The van der Waals surface area contributed by atoms with Gasteiger partial charge in [-0.05, 0) is 18.9 Å². The Bertz CT molecular complexity index is 369. The quantitative estimate of drug-likeness (QED) is 0.680. The molecule has 1 unspecified atom stereocenters. The van der Waals surface area contributed by atoms with Crippen LogP contribution in [0.3, 0.4) is 0 Å². The third-order valence-electron chi connectivity index (χ3n) is 2.89. The van der Waals surface area contributed by atoms with Crippen molar-refractivity contribution in [2.24, 2.45) is 5.92 Å². The van der Waals surface area contributed by atoms with E-state index in [2.05, 4.69) is 0 Å². The van der Waals surface area contributed by atoms with Gasteiger partial charge in [0.05, 0.1) is 7.11 Å². The van der Waals surface area contributed by atoms with Gasteiger partial charge in [-0.25, -0.2) is 0 Å². The molecule has 0 radical (unpaired) electrons. The highest BCUT2D eigenvalue weighted by molar-refractivity contribution is 6.00.